The summed E-state index contributed by atoms with van der Waals surface area (Å²) in [5.41, 5.74) is 1.33. The third-order valence-corrected chi connectivity index (χ3v) is 3.46. The van der Waals surface area contributed by atoms with E-state index in [1.807, 2.05) is 18.2 Å². The minimum Gasteiger partial charge on any atom is -0.497 e. The second-order valence-corrected chi connectivity index (χ2v) is 4.86. The van der Waals surface area contributed by atoms with Crippen LogP contribution in [0.2, 0.25) is 0 Å². The first-order valence-corrected chi connectivity index (χ1v) is 7.00. The average molecular weight is 305 g/mol. The SMILES string of the molecule is CON=Cc1csc(N(C(C)=O)c2cccc(OC)c2)n1. The molecule has 1 amide bonds. The molecule has 110 valence electrons. The number of hydrogen-bond acceptors (Lipinski definition) is 6. The Kier molecular flexibility index (Phi) is 4.89. The molecule has 1 heterocycles. The van der Waals surface area contributed by atoms with Gasteiger partial charge in [0.1, 0.15) is 12.9 Å². The number of oxime groups is 1. The Bertz CT molecular complexity index is 654. The van der Waals surface area contributed by atoms with Gasteiger partial charge in [-0.1, -0.05) is 11.2 Å². The zero-order valence-electron chi connectivity index (χ0n) is 11.9. The first-order chi connectivity index (χ1) is 10.2. The minimum atomic E-state index is -0.132. The van der Waals surface area contributed by atoms with E-state index in [1.54, 1.807) is 18.6 Å². The average Bonchev–Trinajstić information content (AvgIpc) is 2.93. The zero-order valence-corrected chi connectivity index (χ0v) is 12.8. The fraction of sp³-hybridized carbons (Fsp3) is 0.214. The van der Waals surface area contributed by atoms with Crippen LogP contribution in [0.4, 0.5) is 10.8 Å². The fourth-order valence-corrected chi connectivity index (χ4v) is 2.56. The molecule has 0 aliphatic heterocycles. The molecule has 0 unspecified atom stereocenters. The molecule has 2 aromatic rings. The van der Waals surface area contributed by atoms with Crippen molar-refractivity contribution in [1.82, 2.24) is 4.98 Å². The summed E-state index contributed by atoms with van der Waals surface area (Å²) in [5.74, 6) is 0.546. The van der Waals surface area contributed by atoms with Gasteiger partial charge < -0.3 is 9.57 Å². The van der Waals surface area contributed by atoms with Gasteiger partial charge in [0.2, 0.25) is 5.91 Å². The highest BCUT2D eigenvalue weighted by atomic mass is 32.1. The lowest BCUT2D eigenvalue weighted by atomic mass is 10.3. The van der Waals surface area contributed by atoms with Crippen LogP contribution in [0.1, 0.15) is 12.6 Å². The molecule has 1 aromatic heterocycles. The van der Waals surface area contributed by atoms with Crippen molar-refractivity contribution in [2.75, 3.05) is 19.1 Å². The van der Waals surface area contributed by atoms with Crippen molar-refractivity contribution in [2.24, 2.45) is 5.16 Å². The van der Waals surface area contributed by atoms with Crippen LogP contribution in [0.25, 0.3) is 0 Å². The van der Waals surface area contributed by atoms with Crippen molar-refractivity contribution >= 4 is 34.3 Å². The molecule has 0 radical (unpaired) electrons. The number of thiazole rings is 1. The number of nitrogens with zero attached hydrogens (tertiary/aromatic N) is 3. The van der Waals surface area contributed by atoms with Crippen molar-refractivity contribution < 1.29 is 14.4 Å². The number of aromatic nitrogens is 1. The smallest absolute Gasteiger partial charge is 0.230 e. The molecule has 0 aliphatic carbocycles. The molecule has 0 aliphatic rings. The number of carbonyl (C=O) groups excluding carboxylic acids is 1. The van der Waals surface area contributed by atoms with E-state index in [9.17, 15) is 4.79 Å². The lowest BCUT2D eigenvalue weighted by Gasteiger charge is -2.18. The molecule has 0 saturated heterocycles. The Morgan fingerprint density at radius 3 is 2.90 bits per heavy atom. The molecular formula is C14H15N3O3S. The van der Waals surface area contributed by atoms with Gasteiger partial charge in [0, 0.05) is 18.4 Å². The molecule has 21 heavy (non-hydrogen) atoms. The first-order valence-electron chi connectivity index (χ1n) is 6.12. The predicted molar refractivity (Wildman–Crippen MR) is 82.5 cm³/mol. The molecule has 0 atom stereocenters. The van der Waals surface area contributed by atoms with Crippen LogP contribution in [0.5, 0.6) is 5.75 Å². The molecule has 0 N–H and O–H groups in total. The van der Waals surface area contributed by atoms with Gasteiger partial charge in [0.25, 0.3) is 0 Å². The summed E-state index contributed by atoms with van der Waals surface area (Å²) < 4.78 is 5.19. The molecule has 0 spiro atoms. The summed E-state index contributed by atoms with van der Waals surface area (Å²) in [7, 11) is 3.04. The van der Waals surface area contributed by atoms with E-state index in [4.69, 9.17) is 4.74 Å². The monoisotopic (exact) mass is 305 g/mol. The maximum absolute atomic E-state index is 12.0. The molecule has 0 bridgehead atoms. The van der Waals surface area contributed by atoms with Crippen LogP contribution in [0, 0.1) is 0 Å². The normalized spacial score (nSPS) is 10.6. The van der Waals surface area contributed by atoms with Crippen LogP contribution in [-0.4, -0.2) is 31.3 Å². The standard InChI is InChI=1S/C14H15N3O3S/c1-10(18)17(12-5-4-6-13(7-12)19-2)14-16-11(9-21-14)8-15-20-3/h4-9H,1-3H3. The minimum absolute atomic E-state index is 0.132. The fourth-order valence-electron chi connectivity index (χ4n) is 1.72. The Labute approximate surface area is 126 Å². The lowest BCUT2D eigenvalue weighted by Crippen LogP contribution is -2.22. The van der Waals surface area contributed by atoms with Crippen LogP contribution < -0.4 is 9.64 Å². The topological polar surface area (TPSA) is 64.0 Å². The highest BCUT2D eigenvalue weighted by Gasteiger charge is 2.18. The Morgan fingerprint density at radius 1 is 1.43 bits per heavy atom. The van der Waals surface area contributed by atoms with Crippen LogP contribution in [0.15, 0.2) is 34.8 Å². The van der Waals surface area contributed by atoms with E-state index in [0.717, 1.165) is 0 Å². The third kappa shape index (κ3) is 3.57. The molecule has 6 nitrogen and oxygen atoms in total. The summed E-state index contributed by atoms with van der Waals surface area (Å²) in [6.07, 6.45) is 1.49. The predicted octanol–water partition coefficient (Wildman–Crippen LogP) is 2.82. The largest absolute Gasteiger partial charge is 0.497 e. The highest BCUT2D eigenvalue weighted by Crippen LogP contribution is 2.30. The number of rotatable bonds is 5. The number of hydrogen-bond donors (Lipinski definition) is 0. The van der Waals surface area contributed by atoms with E-state index in [1.165, 1.54) is 36.5 Å². The van der Waals surface area contributed by atoms with Crippen molar-refractivity contribution in [3.05, 3.63) is 35.3 Å². The van der Waals surface area contributed by atoms with Gasteiger partial charge in [0.15, 0.2) is 5.13 Å². The maximum atomic E-state index is 12.0. The van der Waals surface area contributed by atoms with E-state index in [0.29, 0.717) is 22.3 Å². The van der Waals surface area contributed by atoms with Crippen molar-refractivity contribution in [3.63, 3.8) is 0 Å². The lowest BCUT2D eigenvalue weighted by molar-refractivity contribution is -0.115. The number of amides is 1. The third-order valence-electron chi connectivity index (χ3n) is 2.62. The van der Waals surface area contributed by atoms with Gasteiger partial charge in [-0.05, 0) is 12.1 Å². The summed E-state index contributed by atoms with van der Waals surface area (Å²) in [4.78, 5) is 22.5. The number of methoxy groups -OCH3 is 1. The second kappa shape index (κ2) is 6.85. The van der Waals surface area contributed by atoms with Gasteiger partial charge in [-0.25, -0.2) is 4.98 Å². The molecule has 2 rings (SSSR count). The Hall–Kier alpha value is -2.41. The first kappa shape index (κ1) is 15.0. The van der Waals surface area contributed by atoms with E-state index >= 15 is 0 Å². The summed E-state index contributed by atoms with van der Waals surface area (Å²) in [6, 6.07) is 7.26. The van der Waals surface area contributed by atoms with Crippen molar-refractivity contribution in [1.29, 1.82) is 0 Å². The Balaban J connectivity index is 2.36. The van der Waals surface area contributed by atoms with E-state index in [-0.39, 0.29) is 5.91 Å². The van der Waals surface area contributed by atoms with Gasteiger partial charge in [-0.2, -0.15) is 0 Å². The summed E-state index contributed by atoms with van der Waals surface area (Å²) >= 11 is 1.35. The Morgan fingerprint density at radius 2 is 2.24 bits per heavy atom. The van der Waals surface area contributed by atoms with Crippen LogP contribution in [0.3, 0.4) is 0 Å². The molecule has 1 aromatic carbocycles. The summed E-state index contributed by atoms with van der Waals surface area (Å²) in [6.45, 7) is 1.49. The molecule has 0 fully saturated rings. The quantitative estimate of drug-likeness (QED) is 0.629. The number of benzene rings is 1. The van der Waals surface area contributed by atoms with Gasteiger partial charge in [-0.15, -0.1) is 11.3 Å². The van der Waals surface area contributed by atoms with Gasteiger partial charge in [0.05, 0.1) is 24.7 Å². The van der Waals surface area contributed by atoms with Gasteiger partial charge >= 0.3 is 0 Å². The van der Waals surface area contributed by atoms with Crippen molar-refractivity contribution in [3.8, 4) is 5.75 Å². The zero-order chi connectivity index (χ0) is 15.2. The number of anilines is 2. The van der Waals surface area contributed by atoms with Crippen molar-refractivity contribution in [2.45, 2.75) is 6.92 Å². The molecule has 7 heteroatoms. The maximum Gasteiger partial charge on any atom is 0.230 e. The molecule has 0 saturated carbocycles. The number of carbonyl (C=O) groups is 1. The van der Waals surface area contributed by atoms with Crippen LogP contribution >= 0.6 is 11.3 Å². The van der Waals surface area contributed by atoms with Gasteiger partial charge in [-0.3, -0.25) is 9.69 Å². The summed E-state index contributed by atoms with van der Waals surface area (Å²) in [5, 5.41) is 6.02. The highest BCUT2D eigenvalue weighted by molar-refractivity contribution is 7.14. The second-order valence-electron chi connectivity index (χ2n) is 4.03. The van der Waals surface area contributed by atoms with Crippen LogP contribution in [-0.2, 0) is 9.63 Å². The molecular weight excluding hydrogens is 290 g/mol. The number of ether oxygens (including phenoxy) is 1. The van der Waals surface area contributed by atoms with E-state index < -0.39 is 0 Å². The van der Waals surface area contributed by atoms with E-state index in [2.05, 4.69) is 15.0 Å².